The van der Waals surface area contributed by atoms with Crippen LogP contribution in [0.5, 0.6) is 0 Å². The molecule has 0 aliphatic rings. The summed E-state index contributed by atoms with van der Waals surface area (Å²) < 4.78 is 13.0. The molecule has 1 amide bonds. The maximum absolute atomic E-state index is 13.0. The Morgan fingerprint density at radius 2 is 1.77 bits per heavy atom. The summed E-state index contributed by atoms with van der Waals surface area (Å²) >= 11 is 11.1. The van der Waals surface area contributed by atoms with E-state index < -0.39 is 11.5 Å². The SMILES string of the molecule is CN(C(=O)C(F)Cl)c1ccc(Cl)cc1C(=O)c1ccccc1. The van der Waals surface area contributed by atoms with E-state index in [1.165, 1.54) is 25.2 Å². The van der Waals surface area contributed by atoms with E-state index in [1.54, 1.807) is 30.3 Å². The molecule has 0 spiro atoms. The van der Waals surface area contributed by atoms with Gasteiger partial charge in [0.25, 0.3) is 11.5 Å². The number of carbonyl (C=O) groups excluding carboxylic acids is 2. The van der Waals surface area contributed by atoms with E-state index in [0.29, 0.717) is 10.6 Å². The number of hydrogen-bond donors (Lipinski definition) is 0. The summed E-state index contributed by atoms with van der Waals surface area (Å²) in [5.74, 6) is -1.27. The van der Waals surface area contributed by atoms with E-state index in [-0.39, 0.29) is 17.0 Å². The van der Waals surface area contributed by atoms with Crippen LogP contribution in [0.15, 0.2) is 48.5 Å². The Morgan fingerprint density at radius 3 is 2.36 bits per heavy atom. The fraction of sp³-hybridized carbons (Fsp3) is 0.125. The number of ketones is 1. The molecule has 0 saturated heterocycles. The molecule has 0 bridgehead atoms. The first-order valence-electron chi connectivity index (χ1n) is 6.37. The maximum atomic E-state index is 13.0. The highest BCUT2D eigenvalue weighted by Gasteiger charge is 2.24. The number of alkyl halides is 2. The Kier molecular flexibility index (Phi) is 5.16. The molecule has 114 valence electrons. The van der Waals surface area contributed by atoms with Crippen molar-refractivity contribution < 1.29 is 14.0 Å². The summed E-state index contributed by atoms with van der Waals surface area (Å²) in [4.78, 5) is 25.3. The fourth-order valence-corrected chi connectivity index (χ4v) is 2.31. The Morgan fingerprint density at radius 1 is 1.14 bits per heavy atom. The predicted octanol–water partition coefficient (Wildman–Crippen LogP) is 4.07. The zero-order valence-electron chi connectivity index (χ0n) is 11.6. The minimum Gasteiger partial charge on any atom is -0.311 e. The van der Waals surface area contributed by atoms with E-state index in [9.17, 15) is 14.0 Å². The minimum absolute atomic E-state index is 0.201. The average molecular weight is 340 g/mol. The van der Waals surface area contributed by atoms with E-state index in [4.69, 9.17) is 23.2 Å². The van der Waals surface area contributed by atoms with Gasteiger partial charge in [-0.25, -0.2) is 4.39 Å². The van der Waals surface area contributed by atoms with Gasteiger partial charge in [0.15, 0.2) is 5.78 Å². The van der Waals surface area contributed by atoms with Crippen molar-refractivity contribution in [2.45, 2.75) is 5.63 Å². The molecule has 0 aliphatic carbocycles. The summed E-state index contributed by atoms with van der Waals surface area (Å²) in [7, 11) is 1.35. The van der Waals surface area contributed by atoms with Crippen molar-refractivity contribution in [2.75, 3.05) is 11.9 Å². The fourth-order valence-electron chi connectivity index (χ4n) is 1.99. The van der Waals surface area contributed by atoms with E-state index in [1.807, 2.05) is 0 Å². The monoisotopic (exact) mass is 339 g/mol. The van der Waals surface area contributed by atoms with Crippen LogP contribution in [0.25, 0.3) is 0 Å². The summed E-state index contributed by atoms with van der Waals surface area (Å²) in [5, 5.41) is 0.339. The lowest BCUT2D eigenvalue weighted by atomic mass is 10.0. The van der Waals surface area contributed by atoms with Crippen LogP contribution in [-0.4, -0.2) is 24.4 Å². The lowest BCUT2D eigenvalue weighted by Crippen LogP contribution is -2.32. The molecule has 2 rings (SSSR count). The van der Waals surface area contributed by atoms with Crippen molar-refractivity contribution in [3.63, 3.8) is 0 Å². The molecule has 2 aromatic carbocycles. The molecule has 1 atom stereocenters. The number of halogens is 3. The molecule has 1 unspecified atom stereocenters. The number of nitrogens with zero attached hydrogens (tertiary/aromatic N) is 1. The first kappa shape index (κ1) is 16.5. The maximum Gasteiger partial charge on any atom is 0.276 e. The Bertz CT molecular complexity index is 705. The third-order valence-electron chi connectivity index (χ3n) is 3.12. The smallest absolute Gasteiger partial charge is 0.276 e. The van der Waals surface area contributed by atoms with E-state index in [0.717, 1.165) is 4.90 Å². The number of rotatable bonds is 4. The van der Waals surface area contributed by atoms with Crippen LogP contribution in [0.3, 0.4) is 0 Å². The van der Waals surface area contributed by atoms with Gasteiger partial charge in [0.05, 0.1) is 5.69 Å². The second-order valence-corrected chi connectivity index (χ2v) is 5.37. The Balaban J connectivity index is 2.49. The quantitative estimate of drug-likeness (QED) is 0.622. The molecular weight excluding hydrogens is 328 g/mol. The Labute approximate surface area is 137 Å². The van der Waals surface area contributed by atoms with Gasteiger partial charge >= 0.3 is 0 Å². The van der Waals surface area contributed by atoms with Crippen LogP contribution in [0.4, 0.5) is 10.1 Å². The Hall–Kier alpha value is -1.91. The summed E-state index contributed by atoms with van der Waals surface area (Å²) in [6, 6.07) is 13.0. The molecular formula is C16H12Cl2FNO2. The molecule has 0 aromatic heterocycles. The predicted molar refractivity (Wildman–Crippen MR) is 85.5 cm³/mol. The molecule has 6 heteroatoms. The highest BCUT2D eigenvalue weighted by Crippen LogP contribution is 2.27. The molecule has 0 aliphatic heterocycles. The highest BCUT2D eigenvalue weighted by molar-refractivity contribution is 6.33. The molecule has 0 saturated carbocycles. The van der Waals surface area contributed by atoms with Gasteiger partial charge in [-0.2, -0.15) is 0 Å². The number of amides is 1. The van der Waals surface area contributed by atoms with Crippen molar-refractivity contribution in [2.24, 2.45) is 0 Å². The zero-order valence-corrected chi connectivity index (χ0v) is 13.1. The summed E-state index contributed by atoms with van der Waals surface area (Å²) in [5.41, 5.74) is -1.30. The molecule has 0 radical (unpaired) electrons. The molecule has 0 heterocycles. The van der Waals surface area contributed by atoms with Crippen LogP contribution in [0, 0.1) is 0 Å². The van der Waals surface area contributed by atoms with E-state index in [2.05, 4.69) is 0 Å². The van der Waals surface area contributed by atoms with Crippen LogP contribution in [0.1, 0.15) is 15.9 Å². The van der Waals surface area contributed by atoms with Crippen LogP contribution in [-0.2, 0) is 4.79 Å². The average Bonchev–Trinajstić information content (AvgIpc) is 2.53. The lowest BCUT2D eigenvalue weighted by molar-refractivity contribution is -0.120. The third-order valence-corrected chi connectivity index (χ3v) is 3.54. The second kappa shape index (κ2) is 6.90. The van der Waals surface area contributed by atoms with Gasteiger partial charge < -0.3 is 4.90 Å². The first-order valence-corrected chi connectivity index (χ1v) is 7.18. The topological polar surface area (TPSA) is 37.4 Å². The van der Waals surface area contributed by atoms with Crippen molar-refractivity contribution in [3.05, 3.63) is 64.7 Å². The normalized spacial score (nSPS) is 11.8. The van der Waals surface area contributed by atoms with Crippen molar-refractivity contribution >= 4 is 40.6 Å². The van der Waals surface area contributed by atoms with Crippen LogP contribution >= 0.6 is 23.2 Å². The van der Waals surface area contributed by atoms with Gasteiger partial charge in [-0.1, -0.05) is 53.5 Å². The largest absolute Gasteiger partial charge is 0.311 e. The van der Waals surface area contributed by atoms with Gasteiger partial charge in [-0.3, -0.25) is 9.59 Å². The van der Waals surface area contributed by atoms with Gasteiger partial charge in [0.2, 0.25) is 0 Å². The summed E-state index contributed by atoms with van der Waals surface area (Å²) in [6.07, 6.45) is 0. The van der Waals surface area contributed by atoms with Crippen molar-refractivity contribution in [1.82, 2.24) is 0 Å². The third kappa shape index (κ3) is 3.46. The number of anilines is 1. The highest BCUT2D eigenvalue weighted by atomic mass is 35.5. The summed E-state index contributed by atoms with van der Waals surface area (Å²) in [6.45, 7) is 0. The van der Waals surface area contributed by atoms with Crippen molar-refractivity contribution in [3.8, 4) is 0 Å². The standard InChI is InChI=1S/C16H12Cl2FNO2/c1-20(16(22)15(18)19)13-8-7-11(17)9-12(13)14(21)10-5-3-2-4-6-10/h2-9,15H,1H3. The first-order chi connectivity index (χ1) is 10.4. The lowest BCUT2D eigenvalue weighted by Gasteiger charge is -2.20. The number of hydrogen-bond acceptors (Lipinski definition) is 2. The molecule has 22 heavy (non-hydrogen) atoms. The molecule has 3 nitrogen and oxygen atoms in total. The van der Waals surface area contributed by atoms with E-state index >= 15 is 0 Å². The molecule has 2 aromatic rings. The minimum atomic E-state index is -2.18. The van der Waals surface area contributed by atoms with Crippen LogP contribution < -0.4 is 4.90 Å². The number of carbonyl (C=O) groups is 2. The van der Waals surface area contributed by atoms with Gasteiger partial charge in [0, 0.05) is 23.2 Å². The molecule has 0 N–H and O–H groups in total. The van der Waals surface area contributed by atoms with Crippen molar-refractivity contribution in [1.29, 1.82) is 0 Å². The van der Waals surface area contributed by atoms with Crippen LogP contribution in [0.2, 0.25) is 5.02 Å². The van der Waals surface area contributed by atoms with Gasteiger partial charge in [-0.15, -0.1) is 0 Å². The van der Waals surface area contributed by atoms with Gasteiger partial charge in [-0.05, 0) is 18.2 Å². The zero-order chi connectivity index (χ0) is 16.3. The molecule has 0 fully saturated rings. The van der Waals surface area contributed by atoms with Gasteiger partial charge in [0.1, 0.15) is 0 Å². The number of benzene rings is 2. The second-order valence-electron chi connectivity index (χ2n) is 4.55.